The van der Waals surface area contributed by atoms with Gasteiger partial charge in [-0.1, -0.05) is 33.4 Å². The van der Waals surface area contributed by atoms with Gasteiger partial charge in [0, 0.05) is 5.41 Å². The van der Waals surface area contributed by atoms with Crippen molar-refractivity contribution in [1.82, 2.24) is 0 Å². The first-order valence-electron chi connectivity index (χ1n) is 8.57. The lowest BCUT2D eigenvalue weighted by Gasteiger charge is -2.41. The summed E-state index contributed by atoms with van der Waals surface area (Å²) in [5.74, 6) is 0.811. The van der Waals surface area contributed by atoms with Crippen molar-refractivity contribution in [2.24, 2.45) is 5.41 Å². The van der Waals surface area contributed by atoms with Gasteiger partial charge in [0.1, 0.15) is 5.60 Å². The SMILES string of the molecule is C=Cc1cc(I)c(OCC(=O)OC2(C(C)(C)C)CCCC2)c(OC)c1. The summed E-state index contributed by atoms with van der Waals surface area (Å²) < 4.78 is 17.9. The second kappa shape index (κ2) is 7.98. The third kappa shape index (κ3) is 4.49. The molecule has 1 aliphatic rings. The Kier molecular flexibility index (Phi) is 6.40. The van der Waals surface area contributed by atoms with Crippen LogP contribution in [0.2, 0.25) is 0 Å². The molecule has 0 amide bonds. The van der Waals surface area contributed by atoms with E-state index in [2.05, 4.69) is 49.9 Å². The Hall–Kier alpha value is -1.24. The average Bonchev–Trinajstić information content (AvgIpc) is 3.02. The molecule has 0 bridgehead atoms. The minimum absolute atomic E-state index is 0.0864. The highest BCUT2D eigenvalue weighted by Gasteiger charge is 2.47. The van der Waals surface area contributed by atoms with Gasteiger partial charge in [-0.3, -0.25) is 0 Å². The normalized spacial score (nSPS) is 16.4. The largest absolute Gasteiger partial charge is 0.493 e. The number of hydrogen-bond donors (Lipinski definition) is 0. The van der Waals surface area contributed by atoms with Crippen LogP contribution in [0.3, 0.4) is 0 Å². The maximum absolute atomic E-state index is 12.5. The van der Waals surface area contributed by atoms with Crippen LogP contribution in [0.15, 0.2) is 18.7 Å². The van der Waals surface area contributed by atoms with Crippen molar-refractivity contribution in [2.45, 2.75) is 52.1 Å². The Morgan fingerprint density at radius 2 is 1.96 bits per heavy atom. The summed E-state index contributed by atoms with van der Waals surface area (Å²) in [6.07, 6.45) is 5.77. The van der Waals surface area contributed by atoms with E-state index in [1.165, 1.54) is 0 Å². The average molecular weight is 458 g/mol. The first-order chi connectivity index (χ1) is 11.7. The summed E-state index contributed by atoms with van der Waals surface area (Å²) in [6.45, 7) is 10.0. The molecular weight excluding hydrogens is 431 g/mol. The Balaban J connectivity index is 2.09. The molecule has 0 radical (unpaired) electrons. The third-order valence-electron chi connectivity index (χ3n) is 4.91. The molecule has 0 heterocycles. The smallest absolute Gasteiger partial charge is 0.344 e. The molecule has 0 N–H and O–H groups in total. The highest BCUT2D eigenvalue weighted by molar-refractivity contribution is 14.1. The van der Waals surface area contributed by atoms with Crippen LogP contribution >= 0.6 is 22.6 Å². The topological polar surface area (TPSA) is 44.8 Å². The second-order valence-electron chi connectivity index (χ2n) is 7.45. The third-order valence-corrected chi connectivity index (χ3v) is 5.71. The molecule has 0 unspecified atom stereocenters. The molecule has 1 aliphatic carbocycles. The predicted molar refractivity (Wildman–Crippen MR) is 108 cm³/mol. The summed E-state index contributed by atoms with van der Waals surface area (Å²) in [4.78, 5) is 12.5. The van der Waals surface area contributed by atoms with Gasteiger partial charge in [0.2, 0.25) is 0 Å². The lowest BCUT2D eigenvalue weighted by atomic mass is 9.75. The zero-order chi connectivity index (χ0) is 18.7. The zero-order valence-electron chi connectivity index (χ0n) is 15.5. The van der Waals surface area contributed by atoms with E-state index in [1.807, 2.05) is 12.1 Å². The molecular formula is C20H27IO4. The monoisotopic (exact) mass is 458 g/mol. The van der Waals surface area contributed by atoms with E-state index >= 15 is 0 Å². The van der Waals surface area contributed by atoms with Crippen LogP contribution in [0, 0.1) is 8.99 Å². The summed E-state index contributed by atoms with van der Waals surface area (Å²) >= 11 is 2.17. The quantitative estimate of drug-likeness (QED) is 0.433. The number of carbonyl (C=O) groups is 1. The highest BCUT2D eigenvalue weighted by atomic mass is 127. The van der Waals surface area contributed by atoms with E-state index in [0.717, 1.165) is 34.8 Å². The molecule has 0 saturated heterocycles. The molecule has 25 heavy (non-hydrogen) atoms. The Morgan fingerprint density at radius 1 is 1.32 bits per heavy atom. The van der Waals surface area contributed by atoms with Gasteiger partial charge in [-0.15, -0.1) is 0 Å². The van der Waals surface area contributed by atoms with E-state index in [4.69, 9.17) is 14.2 Å². The van der Waals surface area contributed by atoms with Crippen LogP contribution in [0.5, 0.6) is 11.5 Å². The Bertz CT molecular complexity index is 640. The molecule has 1 fully saturated rings. The molecule has 138 valence electrons. The van der Waals surface area contributed by atoms with E-state index in [9.17, 15) is 4.79 Å². The molecule has 1 saturated carbocycles. The standard InChI is InChI=1S/C20H27IO4/c1-6-14-11-15(21)18(16(12-14)23-5)24-13-17(22)25-20(19(2,3)4)9-7-8-10-20/h6,11-12H,1,7-10,13H2,2-5H3. The lowest BCUT2D eigenvalue weighted by molar-refractivity contribution is -0.174. The van der Waals surface area contributed by atoms with Crippen molar-refractivity contribution in [3.05, 3.63) is 27.8 Å². The molecule has 0 aliphatic heterocycles. The van der Waals surface area contributed by atoms with Gasteiger partial charge in [0.25, 0.3) is 0 Å². The molecule has 4 nitrogen and oxygen atoms in total. The number of halogens is 1. The van der Waals surface area contributed by atoms with Gasteiger partial charge in [0.15, 0.2) is 18.1 Å². The van der Waals surface area contributed by atoms with Crippen LogP contribution in [0.1, 0.15) is 52.0 Å². The van der Waals surface area contributed by atoms with Gasteiger partial charge in [-0.2, -0.15) is 0 Å². The summed E-state index contributed by atoms with van der Waals surface area (Å²) in [6, 6.07) is 3.77. The van der Waals surface area contributed by atoms with Crippen molar-refractivity contribution in [3.8, 4) is 11.5 Å². The van der Waals surface area contributed by atoms with Gasteiger partial charge >= 0.3 is 5.97 Å². The van der Waals surface area contributed by atoms with E-state index in [-0.39, 0.29) is 18.0 Å². The van der Waals surface area contributed by atoms with Crippen molar-refractivity contribution >= 4 is 34.6 Å². The fraction of sp³-hybridized carbons (Fsp3) is 0.550. The van der Waals surface area contributed by atoms with E-state index in [0.29, 0.717) is 11.5 Å². The van der Waals surface area contributed by atoms with Crippen LogP contribution in [0.4, 0.5) is 0 Å². The van der Waals surface area contributed by atoms with E-state index < -0.39 is 5.60 Å². The summed E-state index contributed by atoms with van der Waals surface area (Å²) in [7, 11) is 1.58. The van der Waals surface area contributed by atoms with Crippen molar-refractivity contribution < 1.29 is 19.0 Å². The number of hydrogen-bond acceptors (Lipinski definition) is 4. The minimum atomic E-state index is -0.391. The van der Waals surface area contributed by atoms with Gasteiger partial charge in [0.05, 0.1) is 10.7 Å². The Labute approximate surface area is 164 Å². The fourth-order valence-corrected chi connectivity index (χ4v) is 4.11. The summed E-state index contributed by atoms with van der Waals surface area (Å²) in [5, 5.41) is 0. The number of rotatable bonds is 6. The maximum Gasteiger partial charge on any atom is 0.344 e. The molecule has 0 spiro atoms. The van der Waals surface area contributed by atoms with Crippen LogP contribution < -0.4 is 9.47 Å². The number of carbonyl (C=O) groups excluding carboxylic acids is 1. The number of methoxy groups -OCH3 is 1. The van der Waals surface area contributed by atoms with Crippen LogP contribution in [0.25, 0.3) is 6.08 Å². The van der Waals surface area contributed by atoms with Gasteiger partial charge in [-0.25, -0.2) is 4.79 Å². The Morgan fingerprint density at radius 3 is 2.48 bits per heavy atom. The minimum Gasteiger partial charge on any atom is -0.493 e. The number of esters is 1. The van der Waals surface area contributed by atoms with Crippen LogP contribution in [-0.2, 0) is 9.53 Å². The van der Waals surface area contributed by atoms with Crippen molar-refractivity contribution in [1.29, 1.82) is 0 Å². The van der Waals surface area contributed by atoms with Gasteiger partial charge < -0.3 is 14.2 Å². The zero-order valence-corrected chi connectivity index (χ0v) is 17.6. The molecule has 5 heteroatoms. The maximum atomic E-state index is 12.5. The van der Waals surface area contributed by atoms with Crippen molar-refractivity contribution in [3.63, 3.8) is 0 Å². The fourth-order valence-electron chi connectivity index (χ4n) is 3.33. The first-order valence-corrected chi connectivity index (χ1v) is 9.65. The molecule has 0 aromatic heterocycles. The summed E-state index contributed by atoms with van der Waals surface area (Å²) in [5.41, 5.74) is 0.461. The highest BCUT2D eigenvalue weighted by Crippen LogP contribution is 2.46. The van der Waals surface area contributed by atoms with Gasteiger partial charge in [-0.05, 0) is 66.0 Å². The number of benzene rings is 1. The molecule has 1 aromatic rings. The van der Waals surface area contributed by atoms with Crippen LogP contribution in [-0.4, -0.2) is 25.3 Å². The second-order valence-corrected chi connectivity index (χ2v) is 8.61. The van der Waals surface area contributed by atoms with E-state index in [1.54, 1.807) is 13.2 Å². The molecule has 0 atom stereocenters. The predicted octanol–water partition coefficient (Wildman–Crippen LogP) is 5.22. The lowest BCUT2D eigenvalue weighted by Crippen LogP contribution is -2.45. The molecule has 2 rings (SSSR count). The molecule has 1 aromatic carbocycles. The first kappa shape index (κ1) is 20.1. The van der Waals surface area contributed by atoms with Crippen molar-refractivity contribution in [2.75, 3.05) is 13.7 Å². The number of ether oxygens (including phenoxy) is 3.